The third-order valence-electron chi connectivity index (χ3n) is 1.75. The summed E-state index contributed by atoms with van der Waals surface area (Å²) < 4.78 is 2.12. The Morgan fingerprint density at radius 2 is 1.93 bits per heavy atom. The van der Waals surface area contributed by atoms with Gasteiger partial charge in [0.25, 0.3) is 0 Å². The van der Waals surface area contributed by atoms with Gasteiger partial charge < -0.3 is 4.57 Å². The first-order valence-electron chi connectivity index (χ1n) is 4.75. The SMILES string of the molecule is C=CN(CC)N=C.CCn1cccc1. The van der Waals surface area contributed by atoms with Gasteiger partial charge in [0.15, 0.2) is 0 Å². The molecule has 0 saturated heterocycles. The van der Waals surface area contributed by atoms with Gasteiger partial charge in [0.1, 0.15) is 0 Å². The molecule has 78 valence electrons. The van der Waals surface area contributed by atoms with Gasteiger partial charge in [-0.3, -0.25) is 5.01 Å². The lowest BCUT2D eigenvalue weighted by atomic mass is 10.7. The fourth-order valence-corrected chi connectivity index (χ4v) is 0.868. The summed E-state index contributed by atoms with van der Waals surface area (Å²) in [6.07, 6.45) is 5.74. The van der Waals surface area contributed by atoms with Gasteiger partial charge in [-0.1, -0.05) is 6.58 Å². The van der Waals surface area contributed by atoms with Crippen molar-refractivity contribution in [2.45, 2.75) is 20.4 Å². The molecule has 0 spiro atoms. The van der Waals surface area contributed by atoms with E-state index in [4.69, 9.17) is 0 Å². The van der Waals surface area contributed by atoms with E-state index >= 15 is 0 Å². The van der Waals surface area contributed by atoms with Crippen molar-refractivity contribution in [1.29, 1.82) is 0 Å². The van der Waals surface area contributed by atoms with Gasteiger partial charge in [0.05, 0.1) is 0 Å². The van der Waals surface area contributed by atoms with Crippen LogP contribution in [0.5, 0.6) is 0 Å². The van der Waals surface area contributed by atoms with Gasteiger partial charge in [-0.15, -0.1) is 0 Å². The standard InChI is InChI=1S/C6H9N.C5H10N2/c1-2-7-5-3-4-6-7;1-4-7(5-2)6-3/h3-6H,2H2,1H3;4H,1,3,5H2,2H3. The molecule has 0 aliphatic heterocycles. The number of nitrogens with zero attached hydrogens (tertiary/aromatic N) is 3. The Morgan fingerprint density at radius 1 is 1.36 bits per heavy atom. The van der Waals surface area contributed by atoms with Crippen molar-refractivity contribution in [2.75, 3.05) is 6.54 Å². The second-order valence-corrected chi connectivity index (χ2v) is 2.59. The lowest BCUT2D eigenvalue weighted by molar-refractivity contribution is 0.427. The van der Waals surface area contributed by atoms with Crippen LogP contribution in [0.2, 0.25) is 0 Å². The van der Waals surface area contributed by atoms with Crippen molar-refractivity contribution in [2.24, 2.45) is 5.10 Å². The largest absolute Gasteiger partial charge is 0.355 e. The molecule has 0 amide bonds. The Morgan fingerprint density at radius 3 is 2.07 bits per heavy atom. The molecule has 3 heteroatoms. The van der Waals surface area contributed by atoms with E-state index in [0.717, 1.165) is 13.1 Å². The molecule has 0 radical (unpaired) electrons. The van der Waals surface area contributed by atoms with Gasteiger partial charge in [-0.2, -0.15) is 5.10 Å². The van der Waals surface area contributed by atoms with Gasteiger partial charge in [0.2, 0.25) is 0 Å². The first-order chi connectivity index (χ1) is 6.78. The van der Waals surface area contributed by atoms with Crippen molar-refractivity contribution >= 4 is 6.72 Å². The van der Waals surface area contributed by atoms with Gasteiger partial charge >= 0.3 is 0 Å². The molecule has 0 unspecified atom stereocenters. The fourth-order valence-electron chi connectivity index (χ4n) is 0.868. The number of hydrogen-bond donors (Lipinski definition) is 0. The molecule has 0 atom stereocenters. The lowest BCUT2D eigenvalue weighted by Crippen LogP contribution is -2.05. The van der Waals surface area contributed by atoms with Crippen LogP contribution in [0.15, 0.2) is 42.4 Å². The van der Waals surface area contributed by atoms with E-state index in [1.807, 2.05) is 19.1 Å². The number of aromatic nitrogens is 1. The monoisotopic (exact) mass is 193 g/mol. The van der Waals surface area contributed by atoms with Gasteiger partial charge in [0, 0.05) is 38.4 Å². The van der Waals surface area contributed by atoms with Crippen LogP contribution in [-0.4, -0.2) is 22.8 Å². The molecule has 0 bridgehead atoms. The van der Waals surface area contributed by atoms with Crippen LogP contribution in [0.1, 0.15) is 13.8 Å². The highest BCUT2D eigenvalue weighted by Crippen LogP contribution is 1.86. The van der Waals surface area contributed by atoms with Crippen molar-refractivity contribution in [3.05, 3.63) is 37.3 Å². The van der Waals surface area contributed by atoms with E-state index in [0.29, 0.717) is 0 Å². The summed E-state index contributed by atoms with van der Waals surface area (Å²) in [4.78, 5) is 0. The van der Waals surface area contributed by atoms with Crippen molar-refractivity contribution in [3.63, 3.8) is 0 Å². The average molecular weight is 193 g/mol. The fraction of sp³-hybridized carbons (Fsp3) is 0.364. The summed E-state index contributed by atoms with van der Waals surface area (Å²) in [5, 5.41) is 5.24. The highest BCUT2D eigenvalue weighted by Gasteiger charge is 1.80. The molecule has 0 fully saturated rings. The molecule has 0 saturated carbocycles. The van der Waals surface area contributed by atoms with Crippen LogP contribution in [0, 0.1) is 0 Å². The number of rotatable bonds is 4. The molecule has 0 aliphatic rings. The third-order valence-corrected chi connectivity index (χ3v) is 1.75. The Balaban J connectivity index is 0.000000241. The first kappa shape index (κ1) is 12.5. The van der Waals surface area contributed by atoms with E-state index in [2.05, 4.69) is 42.3 Å². The highest BCUT2D eigenvalue weighted by molar-refractivity contribution is 5.22. The minimum Gasteiger partial charge on any atom is -0.355 e. The smallest absolute Gasteiger partial charge is 0.0380 e. The van der Waals surface area contributed by atoms with Crippen LogP contribution >= 0.6 is 0 Å². The molecule has 3 nitrogen and oxygen atoms in total. The molecule has 0 N–H and O–H groups in total. The van der Waals surface area contributed by atoms with Crippen LogP contribution in [0.3, 0.4) is 0 Å². The molecular formula is C11H19N3. The van der Waals surface area contributed by atoms with Crippen molar-refractivity contribution < 1.29 is 0 Å². The summed E-state index contributed by atoms with van der Waals surface area (Å²) in [7, 11) is 0. The summed E-state index contributed by atoms with van der Waals surface area (Å²) in [5.74, 6) is 0. The van der Waals surface area contributed by atoms with E-state index < -0.39 is 0 Å². The quantitative estimate of drug-likeness (QED) is 0.531. The summed E-state index contributed by atoms with van der Waals surface area (Å²) in [5.41, 5.74) is 0. The van der Waals surface area contributed by atoms with Crippen molar-refractivity contribution in [3.8, 4) is 0 Å². The summed E-state index contributed by atoms with van der Waals surface area (Å²) >= 11 is 0. The molecule has 0 aliphatic carbocycles. The second kappa shape index (κ2) is 8.10. The Hall–Kier alpha value is -1.51. The summed E-state index contributed by atoms with van der Waals surface area (Å²) in [6.45, 7) is 12.8. The molecule has 0 aromatic carbocycles. The number of hydrogen-bond acceptors (Lipinski definition) is 2. The van der Waals surface area contributed by atoms with Crippen LogP contribution in [-0.2, 0) is 6.54 Å². The Bertz CT molecular complexity index is 231. The summed E-state index contributed by atoms with van der Waals surface area (Å²) in [6, 6.07) is 4.06. The van der Waals surface area contributed by atoms with E-state index in [1.54, 1.807) is 11.2 Å². The van der Waals surface area contributed by atoms with Crippen LogP contribution < -0.4 is 0 Å². The number of hydrazone groups is 1. The Labute approximate surface area is 86.3 Å². The molecular weight excluding hydrogens is 174 g/mol. The van der Waals surface area contributed by atoms with Crippen LogP contribution in [0.4, 0.5) is 0 Å². The average Bonchev–Trinajstić information content (AvgIpc) is 2.74. The maximum atomic E-state index is 3.59. The third kappa shape index (κ3) is 5.19. The zero-order chi connectivity index (χ0) is 10.8. The van der Waals surface area contributed by atoms with E-state index in [-0.39, 0.29) is 0 Å². The normalized spacial score (nSPS) is 8.43. The molecule has 14 heavy (non-hydrogen) atoms. The minimum absolute atomic E-state index is 0.840. The zero-order valence-electron chi connectivity index (χ0n) is 9.06. The molecule has 1 rings (SSSR count). The van der Waals surface area contributed by atoms with Crippen LogP contribution in [0.25, 0.3) is 0 Å². The van der Waals surface area contributed by atoms with E-state index in [1.165, 1.54) is 0 Å². The molecule has 1 aromatic rings. The topological polar surface area (TPSA) is 20.5 Å². The lowest BCUT2D eigenvalue weighted by Gasteiger charge is -2.06. The van der Waals surface area contributed by atoms with Gasteiger partial charge in [-0.05, 0) is 26.0 Å². The second-order valence-electron chi connectivity index (χ2n) is 2.59. The first-order valence-corrected chi connectivity index (χ1v) is 4.75. The Kier molecular flexibility index (Phi) is 7.23. The predicted octanol–water partition coefficient (Wildman–Crippen LogP) is 2.58. The predicted molar refractivity (Wildman–Crippen MR) is 62.2 cm³/mol. The molecule has 1 heterocycles. The zero-order valence-corrected chi connectivity index (χ0v) is 9.06. The molecule has 1 aromatic heterocycles. The van der Waals surface area contributed by atoms with Crippen molar-refractivity contribution in [1.82, 2.24) is 9.58 Å². The minimum atomic E-state index is 0.840. The van der Waals surface area contributed by atoms with E-state index in [9.17, 15) is 0 Å². The van der Waals surface area contributed by atoms with Gasteiger partial charge in [-0.25, -0.2) is 0 Å². The number of aryl methyl sites for hydroxylation is 1. The maximum absolute atomic E-state index is 3.59. The highest BCUT2D eigenvalue weighted by atomic mass is 15.4. The maximum Gasteiger partial charge on any atom is 0.0380 e.